The molecule has 0 aromatic heterocycles. The Labute approximate surface area is 193 Å². The van der Waals surface area contributed by atoms with Crippen molar-refractivity contribution in [3.8, 4) is 0 Å². The SMILES string of the molecule is CC(C)(C)OC(=O)N1CCC[C@H](C(=O)N[C@@H]2CCCN(S(=O)(=O)c3ccc(F)cc3F)C2)C1. The first-order valence-corrected chi connectivity index (χ1v) is 12.5. The smallest absolute Gasteiger partial charge is 0.410 e. The van der Waals surface area contributed by atoms with Gasteiger partial charge in [0.15, 0.2) is 0 Å². The molecular formula is C22H31F2N3O5S. The van der Waals surface area contributed by atoms with Crippen LogP contribution in [0.1, 0.15) is 46.5 Å². The van der Waals surface area contributed by atoms with Gasteiger partial charge in [-0.15, -0.1) is 0 Å². The molecule has 11 heteroatoms. The molecule has 2 heterocycles. The fourth-order valence-electron chi connectivity index (χ4n) is 4.10. The normalized spacial score (nSPS) is 22.6. The summed E-state index contributed by atoms with van der Waals surface area (Å²) in [6, 6.07) is 1.91. The van der Waals surface area contributed by atoms with Crippen LogP contribution in [0.25, 0.3) is 0 Å². The Morgan fingerprint density at radius 2 is 1.79 bits per heavy atom. The maximum absolute atomic E-state index is 14.1. The molecule has 2 atom stereocenters. The first-order valence-electron chi connectivity index (χ1n) is 11.1. The number of piperidine rings is 2. The maximum atomic E-state index is 14.1. The number of hydrogen-bond acceptors (Lipinski definition) is 5. The van der Waals surface area contributed by atoms with E-state index in [1.807, 2.05) is 0 Å². The van der Waals surface area contributed by atoms with Gasteiger partial charge < -0.3 is 15.0 Å². The number of rotatable bonds is 4. The molecule has 0 spiro atoms. The van der Waals surface area contributed by atoms with Gasteiger partial charge >= 0.3 is 6.09 Å². The minimum absolute atomic E-state index is 0.00656. The van der Waals surface area contributed by atoms with Crippen LogP contribution in [0.4, 0.5) is 13.6 Å². The summed E-state index contributed by atoms with van der Waals surface area (Å²) in [6.07, 6.45) is 1.87. The minimum Gasteiger partial charge on any atom is -0.444 e. The Morgan fingerprint density at radius 1 is 1.09 bits per heavy atom. The van der Waals surface area contributed by atoms with Gasteiger partial charge in [0.05, 0.1) is 5.92 Å². The third-order valence-corrected chi connectivity index (χ3v) is 7.58. The van der Waals surface area contributed by atoms with Crippen molar-refractivity contribution in [2.24, 2.45) is 5.92 Å². The molecule has 0 aliphatic carbocycles. The second-order valence-corrected chi connectivity index (χ2v) is 11.5. The van der Waals surface area contributed by atoms with E-state index in [9.17, 15) is 26.8 Å². The van der Waals surface area contributed by atoms with Gasteiger partial charge in [0.1, 0.15) is 22.1 Å². The lowest BCUT2D eigenvalue weighted by Gasteiger charge is -2.36. The van der Waals surface area contributed by atoms with E-state index in [1.54, 1.807) is 20.8 Å². The second-order valence-electron chi connectivity index (χ2n) is 9.55. The molecule has 2 fully saturated rings. The van der Waals surface area contributed by atoms with Crippen molar-refractivity contribution < 1.29 is 31.5 Å². The molecule has 2 aliphatic rings. The molecule has 0 saturated carbocycles. The summed E-state index contributed by atoms with van der Waals surface area (Å²) in [4.78, 5) is 26.2. The summed E-state index contributed by atoms with van der Waals surface area (Å²) in [5.41, 5.74) is -0.632. The van der Waals surface area contributed by atoms with E-state index in [-0.39, 0.29) is 25.5 Å². The van der Waals surface area contributed by atoms with Gasteiger partial charge in [-0.05, 0) is 58.6 Å². The van der Waals surface area contributed by atoms with Crippen LogP contribution in [0.5, 0.6) is 0 Å². The van der Waals surface area contributed by atoms with Gasteiger partial charge in [0, 0.05) is 38.3 Å². The molecule has 2 aliphatic heterocycles. The van der Waals surface area contributed by atoms with Gasteiger partial charge in [-0.2, -0.15) is 4.31 Å². The molecule has 33 heavy (non-hydrogen) atoms. The summed E-state index contributed by atoms with van der Waals surface area (Å²) in [6.45, 7) is 6.25. The van der Waals surface area contributed by atoms with Crippen LogP contribution >= 0.6 is 0 Å². The van der Waals surface area contributed by atoms with Crippen LogP contribution in [-0.4, -0.2) is 67.4 Å². The van der Waals surface area contributed by atoms with Crippen LogP contribution in [0.15, 0.2) is 23.1 Å². The van der Waals surface area contributed by atoms with Gasteiger partial charge in [-0.25, -0.2) is 22.0 Å². The van der Waals surface area contributed by atoms with E-state index in [2.05, 4.69) is 5.32 Å². The van der Waals surface area contributed by atoms with E-state index in [0.29, 0.717) is 38.3 Å². The molecule has 0 bridgehead atoms. The standard InChI is InChI=1S/C22H31F2N3O5S/c1-22(2,3)32-21(29)26-10-4-6-15(13-26)20(28)25-17-7-5-11-27(14-17)33(30,31)19-9-8-16(23)12-18(19)24/h8-9,12,15,17H,4-7,10-11,13-14H2,1-3H3,(H,25,28)/t15-,17+/m0/s1. The van der Waals surface area contributed by atoms with Crippen molar-refractivity contribution in [1.29, 1.82) is 0 Å². The number of halogens is 2. The van der Waals surface area contributed by atoms with E-state index < -0.39 is 50.2 Å². The van der Waals surface area contributed by atoms with Crippen LogP contribution in [0, 0.1) is 17.6 Å². The maximum Gasteiger partial charge on any atom is 0.410 e. The number of sulfonamides is 1. The van der Waals surface area contributed by atoms with Crippen molar-refractivity contribution in [3.63, 3.8) is 0 Å². The number of likely N-dealkylation sites (tertiary alicyclic amines) is 1. The fourth-order valence-corrected chi connectivity index (χ4v) is 5.67. The first-order chi connectivity index (χ1) is 15.4. The van der Waals surface area contributed by atoms with Crippen molar-refractivity contribution in [2.45, 2.75) is 63.0 Å². The highest BCUT2D eigenvalue weighted by molar-refractivity contribution is 7.89. The largest absolute Gasteiger partial charge is 0.444 e. The summed E-state index contributed by atoms with van der Waals surface area (Å²) in [5.74, 6) is -2.68. The van der Waals surface area contributed by atoms with Crippen LogP contribution in [0.3, 0.4) is 0 Å². The zero-order valence-corrected chi connectivity index (χ0v) is 20.0. The Balaban J connectivity index is 1.61. The minimum atomic E-state index is -4.17. The number of nitrogens with zero attached hydrogens (tertiary/aromatic N) is 2. The van der Waals surface area contributed by atoms with Crippen molar-refractivity contribution >= 4 is 22.0 Å². The Hall–Kier alpha value is -2.27. The van der Waals surface area contributed by atoms with Crippen LogP contribution in [0.2, 0.25) is 0 Å². The molecule has 8 nitrogen and oxygen atoms in total. The third-order valence-electron chi connectivity index (χ3n) is 5.69. The van der Waals surface area contributed by atoms with Crippen LogP contribution in [-0.2, 0) is 19.6 Å². The Bertz CT molecular complexity index is 996. The van der Waals surface area contributed by atoms with Crippen molar-refractivity contribution in [3.05, 3.63) is 29.8 Å². The number of amides is 2. The topological polar surface area (TPSA) is 96.0 Å². The zero-order chi connectivity index (χ0) is 24.4. The van der Waals surface area contributed by atoms with E-state index in [1.165, 1.54) is 4.90 Å². The van der Waals surface area contributed by atoms with Gasteiger partial charge in [-0.1, -0.05) is 0 Å². The molecule has 2 saturated heterocycles. The molecule has 1 aromatic carbocycles. The van der Waals surface area contributed by atoms with Crippen molar-refractivity contribution in [2.75, 3.05) is 26.2 Å². The number of carbonyl (C=O) groups excluding carboxylic acids is 2. The number of ether oxygens (including phenoxy) is 1. The highest BCUT2D eigenvalue weighted by Gasteiger charge is 2.35. The predicted octanol–water partition coefficient (Wildman–Crippen LogP) is 2.88. The molecule has 184 valence electrons. The first kappa shape index (κ1) is 25.4. The molecule has 1 N–H and O–H groups in total. The number of hydrogen-bond donors (Lipinski definition) is 1. The second kappa shape index (κ2) is 9.92. The predicted molar refractivity (Wildman–Crippen MR) is 117 cm³/mol. The highest BCUT2D eigenvalue weighted by atomic mass is 32.2. The summed E-state index contributed by atoms with van der Waals surface area (Å²) in [5, 5.41) is 2.90. The number of carbonyl (C=O) groups is 2. The quantitative estimate of drug-likeness (QED) is 0.705. The molecule has 3 rings (SSSR count). The van der Waals surface area contributed by atoms with Gasteiger partial charge in [0.25, 0.3) is 0 Å². The summed E-state index contributed by atoms with van der Waals surface area (Å²) in [7, 11) is -4.17. The molecule has 0 radical (unpaired) electrons. The molecule has 0 unspecified atom stereocenters. The average Bonchev–Trinajstić information content (AvgIpc) is 2.72. The Kier molecular flexibility index (Phi) is 7.62. The zero-order valence-electron chi connectivity index (χ0n) is 19.1. The lowest BCUT2D eigenvalue weighted by Crippen LogP contribution is -2.53. The van der Waals surface area contributed by atoms with Gasteiger partial charge in [-0.3, -0.25) is 4.79 Å². The summed E-state index contributed by atoms with van der Waals surface area (Å²) >= 11 is 0. The number of nitrogens with one attached hydrogen (secondary N) is 1. The lowest BCUT2D eigenvalue weighted by molar-refractivity contribution is -0.127. The molecule has 2 amide bonds. The van der Waals surface area contributed by atoms with E-state index >= 15 is 0 Å². The van der Waals surface area contributed by atoms with Crippen molar-refractivity contribution in [1.82, 2.24) is 14.5 Å². The Morgan fingerprint density at radius 3 is 2.45 bits per heavy atom. The monoisotopic (exact) mass is 487 g/mol. The third kappa shape index (κ3) is 6.41. The number of benzene rings is 1. The van der Waals surface area contributed by atoms with Crippen LogP contribution < -0.4 is 5.32 Å². The molecular weight excluding hydrogens is 456 g/mol. The lowest BCUT2D eigenvalue weighted by atomic mass is 9.96. The van der Waals surface area contributed by atoms with E-state index in [0.717, 1.165) is 16.4 Å². The molecule has 1 aromatic rings. The average molecular weight is 488 g/mol. The summed E-state index contributed by atoms with van der Waals surface area (Å²) < 4.78 is 59.6. The van der Waals surface area contributed by atoms with Gasteiger partial charge in [0.2, 0.25) is 15.9 Å². The highest BCUT2D eigenvalue weighted by Crippen LogP contribution is 2.25. The van der Waals surface area contributed by atoms with E-state index in [4.69, 9.17) is 4.74 Å². The fraction of sp³-hybridized carbons (Fsp3) is 0.636.